The number of carboxylic acid groups (broad SMARTS) is 2. The van der Waals surface area contributed by atoms with E-state index in [2.05, 4.69) is 16.0 Å². The monoisotopic (exact) mass is 569 g/mol. The highest BCUT2D eigenvalue weighted by Gasteiger charge is 2.34. The fourth-order valence-corrected chi connectivity index (χ4v) is 3.31. The topological polar surface area (TPSA) is 278 Å². The van der Waals surface area contributed by atoms with Crippen LogP contribution in [0.5, 0.6) is 0 Å². The minimum Gasteiger partial charge on any atom is -0.481 e. The highest BCUT2D eigenvalue weighted by molar-refractivity contribution is 5.96. The molecule has 0 spiro atoms. The van der Waals surface area contributed by atoms with Crippen molar-refractivity contribution in [1.82, 2.24) is 21.3 Å². The number of aliphatic hydroxyl groups excluding tert-OH is 3. The van der Waals surface area contributed by atoms with Crippen LogP contribution in [0.25, 0.3) is 0 Å². The summed E-state index contributed by atoms with van der Waals surface area (Å²) in [7, 11) is 0. The highest BCUT2D eigenvalue weighted by Crippen LogP contribution is 2.06. The van der Waals surface area contributed by atoms with E-state index in [1.54, 1.807) is 30.3 Å². The number of carbonyl (C=O) groups is 6. The van der Waals surface area contributed by atoms with E-state index in [1.165, 1.54) is 6.92 Å². The van der Waals surface area contributed by atoms with Crippen LogP contribution in [0.4, 0.5) is 0 Å². The average Bonchev–Trinajstić information content (AvgIpc) is 2.88. The quantitative estimate of drug-likeness (QED) is 0.0907. The Balaban J connectivity index is 3.07. The van der Waals surface area contributed by atoms with Gasteiger partial charge in [0.05, 0.1) is 25.2 Å². The SMILES string of the molecule is C[C@@H](O)[C@H](N)C(=O)N[C@@H](Cc1ccccc1)C(=O)N[C@H](C(=O)N[C@@H](CO)C(=O)N[C@@H](CC(=O)O)C(=O)O)[C@@H](C)O. The molecule has 16 nitrogen and oxygen atoms in total. The molecule has 0 aliphatic carbocycles. The summed E-state index contributed by atoms with van der Waals surface area (Å²) in [5.74, 6) is -7.39. The molecule has 0 unspecified atom stereocenters. The van der Waals surface area contributed by atoms with Crippen molar-refractivity contribution in [2.75, 3.05) is 6.61 Å². The van der Waals surface area contributed by atoms with Gasteiger partial charge in [0, 0.05) is 6.42 Å². The summed E-state index contributed by atoms with van der Waals surface area (Å²) < 4.78 is 0. The lowest BCUT2D eigenvalue weighted by molar-refractivity contribution is -0.147. The van der Waals surface area contributed by atoms with E-state index in [-0.39, 0.29) is 6.42 Å². The standard InChI is InChI=1S/C24H35N5O11/c1-11(31)18(25)22(37)26-14(8-13-6-4-3-5-7-13)20(35)29-19(12(2)32)23(38)28-16(10-30)21(36)27-15(24(39)40)9-17(33)34/h3-7,11-12,14-16,18-19,30-32H,8-10,25H2,1-2H3,(H,26,37)(H,27,36)(H,28,38)(H,29,35)(H,33,34)(H,39,40)/t11-,12-,14+,15+,16+,18+,19+/m1/s1. The summed E-state index contributed by atoms with van der Waals surface area (Å²) in [6, 6.07) is 0.379. The number of nitrogens with one attached hydrogen (secondary N) is 4. The van der Waals surface area contributed by atoms with Gasteiger partial charge < -0.3 is 52.5 Å². The predicted octanol–water partition coefficient (Wildman–Crippen LogP) is -4.19. The van der Waals surface area contributed by atoms with Crippen LogP contribution in [-0.2, 0) is 35.2 Å². The first kappa shape index (κ1) is 33.9. The average molecular weight is 570 g/mol. The summed E-state index contributed by atoms with van der Waals surface area (Å²) in [5.41, 5.74) is 6.26. The van der Waals surface area contributed by atoms with Gasteiger partial charge in [-0.3, -0.25) is 24.0 Å². The van der Waals surface area contributed by atoms with E-state index in [9.17, 15) is 44.1 Å². The first-order valence-corrected chi connectivity index (χ1v) is 12.1. The Kier molecular flexibility index (Phi) is 13.6. The molecule has 4 amide bonds. The first-order chi connectivity index (χ1) is 18.7. The van der Waals surface area contributed by atoms with Crippen molar-refractivity contribution in [3.8, 4) is 0 Å². The Hall–Kier alpha value is -4.12. The van der Waals surface area contributed by atoms with Crippen molar-refractivity contribution in [1.29, 1.82) is 0 Å². The third-order valence-corrected chi connectivity index (χ3v) is 5.61. The molecule has 0 aliphatic rings. The molecule has 0 bridgehead atoms. The van der Waals surface area contributed by atoms with Crippen LogP contribution in [0.1, 0.15) is 25.8 Å². The van der Waals surface area contributed by atoms with Crippen LogP contribution in [-0.4, -0.2) is 110 Å². The smallest absolute Gasteiger partial charge is 0.326 e. The van der Waals surface area contributed by atoms with Gasteiger partial charge in [-0.15, -0.1) is 0 Å². The van der Waals surface area contributed by atoms with Gasteiger partial charge in [-0.05, 0) is 19.4 Å². The summed E-state index contributed by atoms with van der Waals surface area (Å²) >= 11 is 0. The Labute approximate surface area is 228 Å². The van der Waals surface area contributed by atoms with E-state index >= 15 is 0 Å². The zero-order valence-electron chi connectivity index (χ0n) is 21.8. The number of hydrogen-bond acceptors (Lipinski definition) is 10. The zero-order chi connectivity index (χ0) is 30.6. The zero-order valence-corrected chi connectivity index (χ0v) is 21.8. The van der Waals surface area contributed by atoms with E-state index in [0.29, 0.717) is 5.56 Å². The maximum absolute atomic E-state index is 13.1. The molecule has 11 N–H and O–H groups in total. The molecule has 222 valence electrons. The number of aliphatic carboxylic acids is 2. The van der Waals surface area contributed by atoms with E-state index in [0.717, 1.165) is 6.92 Å². The molecule has 0 aromatic heterocycles. The molecule has 1 aromatic rings. The molecule has 0 radical (unpaired) electrons. The fourth-order valence-electron chi connectivity index (χ4n) is 3.31. The normalized spacial score (nSPS) is 16.1. The molecule has 40 heavy (non-hydrogen) atoms. The second kappa shape index (κ2) is 16.1. The van der Waals surface area contributed by atoms with Gasteiger partial charge >= 0.3 is 11.9 Å². The van der Waals surface area contributed by atoms with Gasteiger partial charge in [-0.1, -0.05) is 30.3 Å². The van der Waals surface area contributed by atoms with Gasteiger partial charge in [0.2, 0.25) is 23.6 Å². The third-order valence-electron chi connectivity index (χ3n) is 5.61. The van der Waals surface area contributed by atoms with Crippen LogP contribution in [0, 0.1) is 0 Å². The van der Waals surface area contributed by atoms with Crippen molar-refractivity contribution < 1.29 is 54.3 Å². The van der Waals surface area contributed by atoms with Crippen molar-refractivity contribution in [3.05, 3.63) is 35.9 Å². The lowest BCUT2D eigenvalue weighted by Crippen LogP contribution is -2.62. The summed E-state index contributed by atoms with van der Waals surface area (Å²) in [5, 5.41) is 55.8. The lowest BCUT2D eigenvalue weighted by atomic mass is 10.0. The number of carboxylic acids is 2. The van der Waals surface area contributed by atoms with Crippen molar-refractivity contribution in [3.63, 3.8) is 0 Å². The second-order valence-electron chi connectivity index (χ2n) is 8.99. The van der Waals surface area contributed by atoms with Gasteiger partial charge in [0.15, 0.2) is 0 Å². The molecule has 0 saturated heterocycles. The minimum absolute atomic E-state index is 0.0685. The molecule has 1 aromatic carbocycles. The van der Waals surface area contributed by atoms with Crippen molar-refractivity contribution in [2.24, 2.45) is 5.73 Å². The molecule has 0 heterocycles. The number of rotatable bonds is 16. The number of benzene rings is 1. The van der Waals surface area contributed by atoms with Crippen LogP contribution < -0.4 is 27.0 Å². The van der Waals surface area contributed by atoms with Crippen LogP contribution in [0.2, 0.25) is 0 Å². The van der Waals surface area contributed by atoms with Crippen LogP contribution in [0.3, 0.4) is 0 Å². The Morgan fingerprint density at radius 3 is 1.75 bits per heavy atom. The van der Waals surface area contributed by atoms with E-state index in [1.807, 2.05) is 5.32 Å². The van der Waals surface area contributed by atoms with Crippen molar-refractivity contribution in [2.45, 2.75) is 69.1 Å². The van der Waals surface area contributed by atoms with E-state index < -0.39 is 91.0 Å². The van der Waals surface area contributed by atoms with E-state index in [4.69, 9.17) is 15.9 Å². The number of carbonyl (C=O) groups excluding carboxylic acids is 4. The number of aliphatic hydroxyl groups is 3. The van der Waals surface area contributed by atoms with Gasteiger partial charge in [-0.25, -0.2) is 4.79 Å². The van der Waals surface area contributed by atoms with Crippen LogP contribution >= 0.6 is 0 Å². The summed E-state index contributed by atoms with van der Waals surface area (Å²) in [6.07, 6.45) is -3.85. The first-order valence-electron chi connectivity index (χ1n) is 12.1. The molecule has 7 atom stereocenters. The molecule has 0 fully saturated rings. The third kappa shape index (κ3) is 10.9. The molecular formula is C24H35N5O11. The summed E-state index contributed by atoms with van der Waals surface area (Å²) in [6.45, 7) is 1.37. The molecule has 16 heteroatoms. The molecule has 0 aliphatic heterocycles. The number of amides is 4. The van der Waals surface area contributed by atoms with Gasteiger partial charge in [0.25, 0.3) is 0 Å². The Morgan fingerprint density at radius 2 is 1.27 bits per heavy atom. The molecule has 1 rings (SSSR count). The van der Waals surface area contributed by atoms with Gasteiger partial charge in [0.1, 0.15) is 30.2 Å². The maximum atomic E-state index is 13.1. The highest BCUT2D eigenvalue weighted by atomic mass is 16.4. The molecule has 0 saturated carbocycles. The molecular weight excluding hydrogens is 534 g/mol. The summed E-state index contributed by atoms with van der Waals surface area (Å²) in [4.78, 5) is 72.9. The Bertz CT molecular complexity index is 1050. The van der Waals surface area contributed by atoms with Crippen molar-refractivity contribution >= 4 is 35.6 Å². The lowest BCUT2D eigenvalue weighted by Gasteiger charge is -2.27. The Morgan fingerprint density at radius 1 is 0.750 bits per heavy atom. The minimum atomic E-state index is -1.86. The second-order valence-corrected chi connectivity index (χ2v) is 8.99. The predicted molar refractivity (Wildman–Crippen MR) is 136 cm³/mol. The van der Waals surface area contributed by atoms with Crippen LogP contribution in [0.15, 0.2) is 30.3 Å². The number of nitrogens with two attached hydrogens (primary N) is 1. The number of hydrogen-bond donors (Lipinski definition) is 10. The maximum Gasteiger partial charge on any atom is 0.326 e. The van der Waals surface area contributed by atoms with Gasteiger partial charge in [-0.2, -0.15) is 0 Å². The fraction of sp³-hybridized carbons (Fsp3) is 0.500. The largest absolute Gasteiger partial charge is 0.481 e.